The Hall–Kier alpha value is -2.08. The van der Waals surface area contributed by atoms with E-state index in [9.17, 15) is 14.4 Å². The molecule has 2 amide bonds. The molecule has 0 radical (unpaired) electrons. The number of aryl methyl sites for hydroxylation is 1. The van der Waals surface area contributed by atoms with Gasteiger partial charge in [0.25, 0.3) is 5.91 Å². The molecule has 0 spiro atoms. The zero-order valence-electron chi connectivity index (χ0n) is 11.4. The van der Waals surface area contributed by atoms with E-state index in [1.165, 1.54) is 0 Å². The molecule has 1 aliphatic heterocycles. The lowest BCUT2D eigenvalue weighted by atomic mass is 10.2. The van der Waals surface area contributed by atoms with Gasteiger partial charge < -0.3 is 15.4 Å². The summed E-state index contributed by atoms with van der Waals surface area (Å²) in [6, 6.07) is 4.54. The van der Waals surface area contributed by atoms with Crippen LogP contribution < -0.4 is 10.6 Å². The first-order valence-corrected chi connectivity index (χ1v) is 6.85. The topological polar surface area (TPSA) is 84.5 Å². The van der Waals surface area contributed by atoms with Gasteiger partial charge in [0.2, 0.25) is 5.91 Å². The Balaban J connectivity index is 1.82. The van der Waals surface area contributed by atoms with Crippen molar-refractivity contribution in [3.05, 3.63) is 28.8 Å². The van der Waals surface area contributed by atoms with Gasteiger partial charge in [0.15, 0.2) is 6.61 Å². The number of halogens is 1. The summed E-state index contributed by atoms with van der Waals surface area (Å²) in [5.74, 6) is -1.28. The molecule has 0 aromatic heterocycles. The van der Waals surface area contributed by atoms with Crippen LogP contribution in [-0.2, 0) is 19.1 Å². The normalized spacial score (nSPS) is 17.2. The van der Waals surface area contributed by atoms with Crippen molar-refractivity contribution in [1.29, 1.82) is 0 Å². The molecule has 1 atom stereocenters. The first kappa shape index (κ1) is 15.3. The Kier molecular flexibility index (Phi) is 4.80. The summed E-state index contributed by atoms with van der Waals surface area (Å²) in [6.07, 6.45) is 0.689. The standard InChI is InChI=1S/C14H15ClN2O4/c1-8-2-3-10(9(15)6-8)16-13(19)7-21-14(20)11-4-5-12(18)17-11/h2-3,6,11H,4-5,7H2,1H3,(H,16,19)(H,17,18)/t11-/m1/s1. The van der Waals surface area contributed by atoms with Gasteiger partial charge in [-0.05, 0) is 31.0 Å². The minimum atomic E-state index is -0.659. The van der Waals surface area contributed by atoms with Crippen LogP contribution in [0, 0.1) is 6.92 Å². The highest BCUT2D eigenvalue weighted by Crippen LogP contribution is 2.22. The maximum Gasteiger partial charge on any atom is 0.329 e. The molecule has 1 saturated heterocycles. The lowest BCUT2D eigenvalue weighted by Crippen LogP contribution is -2.36. The van der Waals surface area contributed by atoms with Crippen molar-refractivity contribution in [1.82, 2.24) is 5.32 Å². The van der Waals surface area contributed by atoms with Gasteiger partial charge in [0.1, 0.15) is 6.04 Å². The Labute approximate surface area is 126 Å². The zero-order valence-corrected chi connectivity index (χ0v) is 12.2. The molecular weight excluding hydrogens is 296 g/mol. The minimum Gasteiger partial charge on any atom is -0.454 e. The average molecular weight is 311 g/mol. The average Bonchev–Trinajstić information content (AvgIpc) is 2.86. The number of anilines is 1. The predicted molar refractivity (Wildman–Crippen MR) is 76.9 cm³/mol. The van der Waals surface area contributed by atoms with Crippen LogP contribution in [0.2, 0.25) is 5.02 Å². The van der Waals surface area contributed by atoms with E-state index in [2.05, 4.69) is 10.6 Å². The third-order valence-electron chi connectivity index (χ3n) is 3.02. The summed E-state index contributed by atoms with van der Waals surface area (Å²) >= 11 is 5.99. The first-order valence-electron chi connectivity index (χ1n) is 6.47. The fraction of sp³-hybridized carbons (Fsp3) is 0.357. The summed E-state index contributed by atoms with van der Waals surface area (Å²) in [5.41, 5.74) is 1.43. The van der Waals surface area contributed by atoms with Crippen LogP contribution in [0.4, 0.5) is 5.69 Å². The maximum atomic E-state index is 11.7. The highest BCUT2D eigenvalue weighted by molar-refractivity contribution is 6.33. The molecule has 21 heavy (non-hydrogen) atoms. The SMILES string of the molecule is Cc1ccc(NC(=O)COC(=O)[C@H]2CCC(=O)N2)c(Cl)c1. The molecule has 1 heterocycles. The molecule has 2 rings (SSSR count). The fourth-order valence-corrected chi connectivity index (χ4v) is 2.22. The number of esters is 1. The number of hydrogen-bond acceptors (Lipinski definition) is 4. The van der Waals surface area contributed by atoms with Crippen molar-refractivity contribution in [2.24, 2.45) is 0 Å². The summed E-state index contributed by atoms with van der Waals surface area (Å²) in [4.78, 5) is 34.3. The largest absolute Gasteiger partial charge is 0.454 e. The second kappa shape index (κ2) is 6.58. The Morgan fingerprint density at radius 1 is 1.48 bits per heavy atom. The molecular formula is C14H15ClN2O4. The maximum absolute atomic E-state index is 11.7. The van der Waals surface area contributed by atoms with Crippen LogP contribution in [0.15, 0.2) is 18.2 Å². The van der Waals surface area contributed by atoms with Gasteiger partial charge in [0, 0.05) is 6.42 Å². The van der Waals surface area contributed by atoms with E-state index in [1.54, 1.807) is 12.1 Å². The third kappa shape index (κ3) is 4.19. The molecule has 0 bridgehead atoms. The van der Waals surface area contributed by atoms with E-state index >= 15 is 0 Å². The van der Waals surface area contributed by atoms with Gasteiger partial charge in [-0.15, -0.1) is 0 Å². The highest BCUT2D eigenvalue weighted by atomic mass is 35.5. The van der Waals surface area contributed by atoms with Crippen LogP contribution in [0.5, 0.6) is 0 Å². The van der Waals surface area contributed by atoms with E-state index in [0.29, 0.717) is 23.6 Å². The molecule has 0 saturated carbocycles. The Morgan fingerprint density at radius 2 is 2.24 bits per heavy atom. The molecule has 1 fully saturated rings. The highest BCUT2D eigenvalue weighted by Gasteiger charge is 2.28. The van der Waals surface area contributed by atoms with E-state index in [1.807, 2.05) is 13.0 Å². The number of amides is 2. The van der Waals surface area contributed by atoms with Crippen molar-refractivity contribution in [3.63, 3.8) is 0 Å². The molecule has 0 aliphatic carbocycles. The number of nitrogens with one attached hydrogen (secondary N) is 2. The molecule has 1 aromatic rings. The molecule has 1 aromatic carbocycles. The number of carbonyl (C=O) groups excluding carboxylic acids is 3. The number of benzene rings is 1. The van der Waals surface area contributed by atoms with Crippen LogP contribution in [-0.4, -0.2) is 30.4 Å². The summed E-state index contributed by atoms with van der Waals surface area (Å²) in [6.45, 7) is 1.46. The monoisotopic (exact) mass is 310 g/mol. The molecule has 7 heteroatoms. The smallest absolute Gasteiger partial charge is 0.329 e. The van der Waals surface area contributed by atoms with Crippen molar-refractivity contribution < 1.29 is 19.1 Å². The quantitative estimate of drug-likeness (QED) is 0.824. The van der Waals surface area contributed by atoms with Gasteiger partial charge in [0.05, 0.1) is 10.7 Å². The summed E-state index contributed by atoms with van der Waals surface area (Å²) in [5, 5.41) is 5.45. The summed E-state index contributed by atoms with van der Waals surface area (Å²) in [7, 11) is 0. The van der Waals surface area contributed by atoms with E-state index in [-0.39, 0.29) is 5.91 Å². The van der Waals surface area contributed by atoms with Crippen molar-refractivity contribution >= 4 is 35.1 Å². The van der Waals surface area contributed by atoms with Gasteiger partial charge in [-0.1, -0.05) is 17.7 Å². The van der Waals surface area contributed by atoms with Crippen LogP contribution in [0.25, 0.3) is 0 Å². The van der Waals surface area contributed by atoms with Gasteiger partial charge in [-0.25, -0.2) is 4.79 Å². The van der Waals surface area contributed by atoms with E-state index in [0.717, 1.165) is 5.56 Å². The molecule has 2 N–H and O–H groups in total. The predicted octanol–water partition coefficient (Wildman–Crippen LogP) is 1.41. The molecule has 112 valence electrons. The third-order valence-corrected chi connectivity index (χ3v) is 3.34. The van der Waals surface area contributed by atoms with Crippen molar-refractivity contribution in [2.45, 2.75) is 25.8 Å². The lowest BCUT2D eigenvalue weighted by molar-refractivity contribution is -0.149. The van der Waals surface area contributed by atoms with E-state index < -0.39 is 24.5 Å². The molecule has 6 nitrogen and oxygen atoms in total. The van der Waals surface area contributed by atoms with Crippen molar-refractivity contribution in [3.8, 4) is 0 Å². The van der Waals surface area contributed by atoms with Gasteiger partial charge in [-0.3, -0.25) is 9.59 Å². The second-order valence-corrected chi connectivity index (χ2v) is 5.21. The minimum absolute atomic E-state index is 0.187. The Morgan fingerprint density at radius 3 is 2.86 bits per heavy atom. The summed E-state index contributed by atoms with van der Waals surface area (Å²) < 4.78 is 4.86. The number of ether oxygens (including phenoxy) is 1. The van der Waals surface area contributed by atoms with Gasteiger partial charge >= 0.3 is 5.97 Å². The van der Waals surface area contributed by atoms with E-state index in [4.69, 9.17) is 16.3 Å². The fourth-order valence-electron chi connectivity index (χ4n) is 1.94. The van der Waals surface area contributed by atoms with Crippen LogP contribution >= 0.6 is 11.6 Å². The van der Waals surface area contributed by atoms with Gasteiger partial charge in [-0.2, -0.15) is 0 Å². The van der Waals surface area contributed by atoms with Crippen LogP contribution in [0.3, 0.4) is 0 Å². The first-order chi connectivity index (χ1) is 9.95. The number of rotatable bonds is 4. The second-order valence-electron chi connectivity index (χ2n) is 4.80. The number of carbonyl (C=O) groups is 3. The van der Waals surface area contributed by atoms with Crippen molar-refractivity contribution in [2.75, 3.05) is 11.9 Å². The lowest BCUT2D eigenvalue weighted by Gasteiger charge is -2.11. The van der Waals surface area contributed by atoms with Crippen LogP contribution in [0.1, 0.15) is 18.4 Å². The Bertz CT molecular complexity index is 588. The molecule has 0 unspecified atom stereocenters. The molecule has 1 aliphatic rings. The number of hydrogen-bond donors (Lipinski definition) is 2. The zero-order chi connectivity index (χ0) is 15.4.